The first-order chi connectivity index (χ1) is 13.5. The number of aliphatic carboxylic acids is 1. The van der Waals surface area contributed by atoms with Gasteiger partial charge in [-0.1, -0.05) is 0 Å². The fourth-order valence-electron chi connectivity index (χ4n) is 4.34. The molecular weight excluding hydrogens is 354 g/mol. The Labute approximate surface area is 168 Å². The predicted molar refractivity (Wildman–Crippen MR) is 111 cm³/mol. The maximum absolute atomic E-state index is 13.0. The number of amides is 1. The molecule has 1 aromatic carbocycles. The number of carboxylic acid groups (broad SMARTS) is 1. The molecule has 1 N–H and O–H groups in total. The van der Waals surface area contributed by atoms with Gasteiger partial charge in [0.1, 0.15) is 0 Å². The van der Waals surface area contributed by atoms with Crippen LogP contribution in [0.25, 0.3) is 0 Å². The number of anilines is 1. The van der Waals surface area contributed by atoms with Crippen LogP contribution < -0.4 is 4.90 Å². The van der Waals surface area contributed by atoms with Crippen LogP contribution in [0.2, 0.25) is 0 Å². The molecule has 6 heteroatoms. The number of carbonyl (C=O) groups is 2. The number of piperidine rings is 1. The number of likely N-dealkylation sites (tertiary alicyclic amines) is 1. The van der Waals surface area contributed by atoms with E-state index < -0.39 is 5.97 Å². The van der Waals surface area contributed by atoms with Gasteiger partial charge in [-0.05, 0) is 63.8 Å². The summed E-state index contributed by atoms with van der Waals surface area (Å²) in [4.78, 5) is 30.7. The van der Waals surface area contributed by atoms with E-state index >= 15 is 0 Å². The molecule has 1 amide bonds. The van der Waals surface area contributed by atoms with Crippen molar-refractivity contribution in [3.05, 3.63) is 29.8 Å². The largest absolute Gasteiger partial charge is 0.481 e. The molecule has 2 fully saturated rings. The lowest BCUT2D eigenvalue weighted by atomic mass is 9.97. The van der Waals surface area contributed by atoms with Crippen LogP contribution in [0.1, 0.15) is 56.3 Å². The fourth-order valence-corrected chi connectivity index (χ4v) is 4.34. The maximum Gasteiger partial charge on any atom is 0.303 e. The van der Waals surface area contributed by atoms with Crippen LogP contribution in [0.5, 0.6) is 0 Å². The van der Waals surface area contributed by atoms with Crippen LogP contribution in [0.15, 0.2) is 24.3 Å². The first-order valence-corrected chi connectivity index (χ1v) is 10.6. The minimum absolute atomic E-state index is 0.0336. The summed E-state index contributed by atoms with van der Waals surface area (Å²) in [6.07, 6.45) is 3.62. The lowest BCUT2D eigenvalue weighted by Crippen LogP contribution is -2.48. The van der Waals surface area contributed by atoms with Gasteiger partial charge in [0.05, 0.1) is 0 Å². The van der Waals surface area contributed by atoms with E-state index in [4.69, 9.17) is 5.11 Å². The van der Waals surface area contributed by atoms with Crippen molar-refractivity contribution in [2.75, 3.05) is 37.6 Å². The normalized spacial score (nSPS) is 21.2. The topological polar surface area (TPSA) is 64.1 Å². The lowest BCUT2D eigenvalue weighted by molar-refractivity contribution is -0.137. The van der Waals surface area contributed by atoms with Gasteiger partial charge >= 0.3 is 5.97 Å². The number of carbonyl (C=O) groups excluding carboxylic acids is 1. The third kappa shape index (κ3) is 5.04. The average Bonchev–Trinajstić information content (AvgIpc) is 2.72. The zero-order valence-electron chi connectivity index (χ0n) is 17.1. The molecule has 0 aromatic heterocycles. The van der Waals surface area contributed by atoms with E-state index in [1.807, 2.05) is 17.0 Å². The predicted octanol–water partition coefficient (Wildman–Crippen LogP) is 3.08. The molecule has 0 bridgehead atoms. The SMILES string of the molecule is CC(C)N1CCN(c2ccc(C(=O)N3CCCCC3CCC(=O)O)cc2)CC1. The molecule has 2 heterocycles. The quantitative estimate of drug-likeness (QED) is 0.813. The molecule has 1 aromatic rings. The Morgan fingerprint density at radius 2 is 1.71 bits per heavy atom. The van der Waals surface area contributed by atoms with E-state index in [1.165, 1.54) is 5.69 Å². The van der Waals surface area contributed by atoms with Crippen LogP contribution in [0.4, 0.5) is 5.69 Å². The van der Waals surface area contributed by atoms with Crippen LogP contribution >= 0.6 is 0 Å². The zero-order valence-corrected chi connectivity index (χ0v) is 17.1. The van der Waals surface area contributed by atoms with E-state index in [0.717, 1.165) is 52.0 Å². The summed E-state index contributed by atoms with van der Waals surface area (Å²) in [6, 6.07) is 8.58. The number of rotatable bonds is 6. The molecule has 0 aliphatic carbocycles. The Kier molecular flexibility index (Phi) is 6.94. The highest BCUT2D eigenvalue weighted by Gasteiger charge is 2.28. The van der Waals surface area contributed by atoms with Gasteiger partial charge in [-0.3, -0.25) is 14.5 Å². The highest BCUT2D eigenvalue weighted by Crippen LogP contribution is 2.24. The fraction of sp³-hybridized carbons (Fsp3) is 0.636. The monoisotopic (exact) mass is 387 g/mol. The van der Waals surface area contributed by atoms with Crippen molar-refractivity contribution >= 4 is 17.6 Å². The molecule has 28 heavy (non-hydrogen) atoms. The molecule has 154 valence electrons. The smallest absolute Gasteiger partial charge is 0.303 e. The number of hydrogen-bond acceptors (Lipinski definition) is 4. The molecule has 0 saturated carbocycles. The van der Waals surface area contributed by atoms with Gasteiger partial charge in [0.15, 0.2) is 0 Å². The van der Waals surface area contributed by atoms with Gasteiger partial charge in [0, 0.05) is 62.5 Å². The summed E-state index contributed by atoms with van der Waals surface area (Å²) in [7, 11) is 0. The van der Waals surface area contributed by atoms with Gasteiger partial charge in [0.2, 0.25) is 0 Å². The molecule has 1 unspecified atom stereocenters. The number of carboxylic acids is 1. The third-order valence-electron chi connectivity index (χ3n) is 6.10. The Morgan fingerprint density at radius 3 is 2.32 bits per heavy atom. The number of piperazine rings is 1. The van der Waals surface area contributed by atoms with E-state index in [2.05, 4.69) is 35.8 Å². The van der Waals surface area contributed by atoms with Crippen LogP contribution in [0.3, 0.4) is 0 Å². The van der Waals surface area contributed by atoms with Crippen LogP contribution in [0, 0.1) is 0 Å². The van der Waals surface area contributed by atoms with E-state index in [0.29, 0.717) is 18.0 Å². The Hall–Kier alpha value is -2.08. The Balaban J connectivity index is 1.62. The minimum Gasteiger partial charge on any atom is -0.481 e. The number of benzene rings is 1. The molecular formula is C22H33N3O3. The van der Waals surface area contributed by atoms with Crippen molar-refractivity contribution in [3.63, 3.8) is 0 Å². The Bertz CT molecular complexity index is 666. The average molecular weight is 388 g/mol. The maximum atomic E-state index is 13.0. The van der Waals surface area contributed by atoms with Crippen LogP contribution in [-0.4, -0.2) is 71.6 Å². The second-order valence-electron chi connectivity index (χ2n) is 8.24. The van der Waals surface area contributed by atoms with Crippen molar-refractivity contribution in [3.8, 4) is 0 Å². The molecule has 2 aliphatic rings. The van der Waals surface area contributed by atoms with Crippen molar-refractivity contribution in [2.24, 2.45) is 0 Å². The first-order valence-electron chi connectivity index (χ1n) is 10.6. The Morgan fingerprint density at radius 1 is 1.04 bits per heavy atom. The molecule has 1 atom stereocenters. The molecule has 0 spiro atoms. The molecule has 0 radical (unpaired) electrons. The second kappa shape index (κ2) is 9.41. The highest BCUT2D eigenvalue weighted by atomic mass is 16.4. The lowest BCUT2D eigenvalue weighted by Gasteiger charge is -2.38. The van der Waals surface area contributed by atoms with Crippen molar-refractivity contribution in [2.45, 2.75) is 58.0 Å². The summed E-state index contributed by atoms with van der Waals surface area (Å²) in [5, 5.41) is 8.98. The molecule has 2 saturated heterocycles. The number of nitrogens with zero attached hydrogens (tertiary/aromatic N) is 3. The second-order valence-corrected chi connectivity index (χ2v) is 8.24. The van der Waals surface area contributed by atoms with Gasteiger partial charge in [-0.25, -0.2) is 0 Å². The van der Waals surface area contributed by atoms with Gasteiger partial charge in [0.25, 0.3) is 5.91 Å². The van der Waals surface area contributed by atoms with Gasteiger partial charge < -0.3 is 14.9 Å². The number of hydrogen-bond donors (Lipinski definition) is 1. The van der Waals surface area contributed by atoms with Gasteiger partial charge in [-0.2, -0.15) is 0 Å². The summed E-state index contributed by atoms with van der Waals surface area (Å²) < 4.78 is 0. The first kappa shape index (κ1) is 20.6. The van der Waals surface area contributed by atoms with Gasteiger partial charge in [-0.15, -0.1) is 0 Å². The van der Waals surface area contributed by atoms with Crippen molar-refractivity contribution in [1.82, 2.24) is 9.80 Å². The highest BCUT2D eigenvalue weighted by molar-refractivity contribution is 5.95. The summed E-state index contributed by atoms with van der Waals surface area (Å²) in [5.41, 5.74) is 1.87. The molecule has 3 rings (SSSR count). The minimum atomic E-state index is -0.792. The molecule has 6 nitrogen and oxygen atoms in total. The van der Waals surface area contributed by atoms with Crippen LogP contribution in [-0.2, 0) is 4.79 Å². The summed E-state index contributed by atoms with van der Waals surface area (Å²) >= 11 is 0. The third-order valence-corrected chi connectivity index (χ3v) is 6.10. The zero-order chi connectivity index (χ0) is 20.1. The van der Waals surface area contributed by atoms with E-state index in [1.54, 1.807) is 0 Å². The summed E-state index contributed by atoms with van der Waals surface area (Å²) in [6.45, 7) is 9.35. The van der Waals surface area contributed by atoms with E-state index in [9.17, 15) is 9.59 Å². The summed E-state index contributed by atoms with van der Waals surface area (Å²) in [5.74, 6) is -0.758. The molecule has 2 aliphatic heterocycles. The van der Waals surface area contributed by atoms with Crippen molar-refractivity contribution in [1.29, 1.82) is 0 Å². The van der Waals surface area contributed by atoms with E-state index in [-0.39, 0.29) is 18.4 Å². The standard InChI is InChI=1S/C22H33N3O3/c1-17(2)23-13-15-24(16-14-23)19-8-6-18(7-9-19)22(28)25-12-4-3-5-20(25)10-11-21(26)27/h6-9,17,20H,3-5,10-16H2,1-2H3,(H,26,27). The van der Waals surface area contributed by atoms with Crippen molar-refractivity contribution < 1.29 is 14.7 Å².